The van der Waals surface area contributed by atoms with Gasteiger partial charge >= 0.3 is 0 Å². The van der Waals surface area contributed by atoms with Crippen molar-refractivity contribution >= 4 is 0 Å². The van der Waals surface area contributed by atoms with Crippen LogP contribution in [0.15, 0.2) is 12.2 Å². The normalized spacial score (nSPS) is 30.8. The molecule has 2 nitrogen and oxygen atoms in total. The molecule has 0 saturated carbocycles. The molecule has 0 aromatic carbocycles. The standard InChI is InChI=1S/C11H21N.CH5N/c1-4-9-7-6-8-11(12-3)10(9)5-2;1-2/h6-7,9-12H,4-5,8H2,1-3H3;2H2,1H3. The van der Waals surface area contributed by atoms with Crippen molar-refractivity contribution in [1.29, 1.82) is 0 Å². The number of nitrogens with one attached hydrogen (secondary N) is 1. The fourth-order valence-corrected chi connectivity index (χ4v) is 2.37. The van der Waals surface area contributed by atoms with E-state index in [1.165, 1.54) is 26.3 Å². The van der Waals surface area contributed by atoms with Crippen LogP contribution in [-0.2, 0) is 0 Å². The summed E-state index contributed by atoms with van der Waals surface area (Å²) in [5.41, 5.74) is 4.50. The molecule has 1 rings (SSSR count). The molecular weight excluding hydrogens is 172 g/mol. The van der Waals surface area contributed by atoms with E-state index in [0.29, 0.717) is 6.04 Å². The van der Waals surface area contributed by atoms with Crippen molar-refractivity contribution in [2.75, 3.05) is 14.1 Å². The van der Waals surface area contributed by atoms with Crippen LogP contribution in [0.2, 0.25) is 0 Å². The summed E-state index contributed by atoms with van der Waals surface area (Å²) in [5, 5.41) is 3.42. The first-order chi connectivity index (χ1) is 6.83. The zero-order valence-corrected chi connectivity index (χ0v) is 10.1. The number of allylic oxidation sites excluding steroid dienone is 1. The Labute approximate surface area is 89.0 Å². The van der Waals surface area contributed by atoms with Crippen molar-refractivity contribution in [3.8, 4) is 0 Å². The minimum absolute atomic E-state index is 0.713. The van der Waals surface area contributed by atoms with Crippen LogP contribution < -0.4 is 11.1 Å². The maximum Gasteiger partial charge on any atom is 0.0132 e. The highest BCUT2D eigenvalue weighted by Crippen LogP contribution is 2.29. The van der Waals surface area contributed by atoms with E-state index < -0.39 is 0 Å². The molecule has 0 aromatic rings. The highest BCUT2D eigenvalue weighted by molar-refractivity contribution is 5.02. The number of hydrogen-bond acceptors (Lipinski definition) is 2. The third-order valence-electron chi connectivity index (χ3n) is 3.15. The van der Waals surface area contributed by atoms with Gasteiger partial charge in [0, 0.05) is 6.04 Å². The maximum absolute atomic E-state index is 4.50. The molecule has 1 aliphatic rings. The van der Waals surface area contributed by atoms with Crippen molar-refractivity contribution in [2.24, 2.45) is 17.6 Å². The average molecular weight is 198 g/mol. The molecule has 0 spiro atoms. The molecule has 1 aliphatic carbocycles. The van der Waals surface area contributed by atoms with Gasteiger partial charge in [-0.2, -0.15) is 0 Å². The summed E-state index contributed by atoms with van der Waals surface area (Å²) in [4.78, 5) is 0. The Bertz CT molecular complexity index is 154. The van der Waals surface area contributed by atoms with E-state index in [1.54, 1.807) is 0 Å². The van der Waals surface area contributed by atoms with Crippen molar-refractivity contribution < 1.29 is 0 Å². The second kappa shape index (κ2) is 8.01. The SMILES string of the molecule is CCC1C=CCC(NC)C1CC.CN. The summed E-state index contributed by atoms with van der Waals surface area (Å²) in [5.74, 6) is 1.66. The lowest BCUT2D eigenvalue weighted by molar-refractivity contribution is 0.267. The Kier molecular flexibility index (Phi) is 7.81. The minimum atomic E-state index is 0.713. The molecule has 0 saturated heterocycles. The molecule has 3 unspecified atom stereocenters. The number of nitrogens with two attached hydrogens (primary N) is 1. The summed E-state index contributed by atoms with van der Waals surface area (Å²) < 4.78 is 0. The Hall–Kier alpha value is -0.340. The van der Waals surface area contributed by atoms with E-state index >= 15 is 0 Å². The van der Waals surface area contributed by atoms with Crippen LogP contribution in [0.4, 0.5) is 0 Å². The lowest BCUT2D eigenvalue weighted by atomic mass is 9.77. The quantitative estimate of drug-likeness (QED) is 0.682. The Morgan fingerprint density at radius 3 is 2.36 bits per heavy atom. The number of hydrogen-bond donors (Lipinski definition) is 2. The van der Waals surface area contributed by atoms with E-state index in [0.717, 1.165) is 11.8 Å². The van der Waals surface area contributed by atoms with Gasteiger partial charge in [0.2, 0.25) is 0 Å². The van der Waals surface area contributed by atoms with Gasteiger partial charge in [0.05, 0.1) is 0 Å². The van der Waals surface area contributed by atoms with Crippen LogP contribution in [0.25, 0.3) is 0 Å². The number of rotatable bonds is 3. The lowest BCUT2D eigenvalue weighted by Crippen LogP contribution is -2.38. The largest absolute Gasteiger partial charge is 0.333 e. The third kappa shape index (κ3) is 3.43. The molecule has 84 valence electrons. The van der Waals surface area contributed by atoms with Crippen molar-refractivity contribution in [3.05, 3.63) is 12.2 Å². The molecule has 0 aromatic heterocycles. The van der Waals surface area contributed by atoms with Gasteiger partial charge in [-0.1, -0.05) is 32.4 Å². The Morgan fingerprint density at radius 1 is 1.29 bits per heavy atom. The van der Waals surface area contributed by atoms with Crippen LogP contribution in [-0.4, -0.2) is 20.1 Å². The highest BCUT2D eigenvalue weighted by Gasteiger charge is 2.26. The second-order valence-electron chi connectivity index (χ2n) is 3.70. The van der Waals surface area contributed by atoms with Crippen molar-refractivity contribution in [1.82, 2.24) is 5.32 Å². The van der Waals surface area contributed by atoms with Crippen LogP contribution in [0.3, 0.4) is 0 Å². The average Bonchev–Trinajstić information content (AvgIpc) is 2.30. The lowest BCUT2D eigenvalue weighted by Gasteiger charge is -2.33. The van der Waals surface area contributed by atoms with E-state index in [2.05, 4.69) is 44.1 Å². The molecule has 14 heavy (non-hydrogen) atoms. The third-order valence-corrected chi connectivity index (χ3v) is 3.15. The summed E-state index contributed by atoms with van der Waals surface area (Å²) in [6.07, 6.45) is 8.54. The van der Waals surface area contributed by atoms with Crippen molar-refractivity contribution in [2.45, 2.75) is 39.2 Å². The Balaban J connectivity index is 0.000000791. The predicted octanol–water partition coefficient (Wildman–Crippen LogP) is 2.16. The fraction of sp³-hybridized carbons (Fsp3) is 0.833. The van der Waals surface area contributed by atoms with E-state index in [1.807, 2.05) is 0 Å². The van der Waals surface area contributed by atoms with Gasteiger partial charge < -0.3 is 11.1 Å². The second-order valence-corrected chi connectivity index (χ2v) is 3.70. The topological polar surface area (TPSA) is 38.0 Å². The van der Waals surface area contributed by atoms with Crippen LogP contribution in [0.1, 0.15) is 33.1 Å². The first kappa shape index (κ1) is 13.7. The molecule has 3 N–H and O–H groups in total. The minimum Gasteiger partial charge on any atom is -0.333 e. The molecule has 0 heterocycles. The summed E-state index contributed by atoms with van der Waals surface area (Å²) >= 11 is 0. The van der Waals surface area contributed by atoms with Gasteiger partial charge in [-0.05, 0) is 38.8 Å². The molecule has 2 heteroatoms. The molecule has 0 bridgehead atoms. The molecule has 0 radical (unpaired) electrons. The first-order valence-corrected chi connectivity index (χ1v) is 5.75. The highest BCUT2D eigenvalue weighted by atomic mass is 14.9. The Morgan fingerprint density at radius 2 is 1.93 bits per heavy atom. The maximum atomic E-state index is 4.50. The van der Waals surface area contributed by atoms with Gasteiger partial charge in [0.25, 0.3) is 0 Å². The molecule has 3 atom stereocenters. The van der Waals surface area contributed by atoms with Crippen LogP contribution in [0.5, 0.6) is 0 Å². The predicted molar refractivity (Wildman–Crippen MR) is 64.3 cm³/mol. The van der Waals surface area contributed by atoms with E-state index in [-0.39, 0.29) is 0 Å². The van der Waals surface area contributed by atoms with Crippen molar-refractivity contribution in [3.63, 3.8) is 0 Å². The van der Waals surface area contributed by atoms with E-state index in [9.17, 15) is 0 Å². The summed E-state index contributed by atoms with van der Waals surface area (Å²) in [7, 11) is 3.58. The molecular formula is C12H26N2. The monoisotopic (exact) mass is 198 g/mol. The van der Waals surface area contributed by atoms with Gasteiger partial charge in [0.1, 0.15) is 0 Å². The van der Waals surface area contributed by atoms with Gasteiger partial charge in [-0.15, -0.1) is 0 Å². The van der Waals surface area contributed by atoms with E-state index in [4.69, 9.17) is 0 Å². The van der Waals surface area contributed by atoms with Crippen LogP contribution >= 0.6 is 0 Å². The zero-order valence-electron chi connectivity index (χ0n) is 10.1. The first-order valence-electron chi connectivity index (χ1n) is 5.75. The van der Waals surface area contributed by atoms with Gasteiger partial charge in [-0.25, -0.2) is 0 Å². The summed E-state index contributed by atoms with van der Waals surface area (Å²) in [6.45, 7) is 4.59. The zero-order chi connectivity index (χ0) is 11.0. The molecule has 0 aliphatic heterocycles. The summed E-state index contributed by atoms with van der Waals surface area (Å²) in [6, 6.07) is 0.713. The fourth-order valence-electron chi connectivity index (χ4n) is 2.37. The molecule has 0 amide bonds. The van der Waals surface area contributed by atoms with Gasteiger partial charge in [-0.3, -0.25) is 0 Å². The smallest absolute Gasteiger partial charge is 0.0132 e. The molecule has 0 fully saturated rings. The van der Waals surface area contributed by atoms with Crippen LogP contribution in [0, 0.1) is 11.8 Å². The van der Waals surface area contributed by atoms with Gasteiger partial charge in [0.15, 0.2) is 0 Å².